The fourth-order valence-electron chi connectivity index (χ4n) is 8.51. The van der Waals surface area contributed by atoms with Gasteiger partial charge in [0, 0.05) is 48.5 Å². The lowest BCUT2D eigenvalue weighted by atomic mass is 9.65. The number of aliphatic hydroxyl groups is 1. The number of hydrogen-bond acceptors (Lipinski definition) is 6. The Hall–Kier alpha value is -3.56. The van der Waals surface area contributed by atoms with Crippen LogP contribution in [0.3, 0.4) is 0 Å². The highest BCUT2D eigenvalue weighted by Gasteiger charge is 2.77. The van der Waals surface area contributed by atoms with Gasteiger partial charge in [-0.25, -0.2) is 0 Å². The summed E-state index contributed by atoms with van der Waals surface area (Å²) in [7, 11) is 0. The van der Waals surface area contributed by atoms with E-state index < -0.39 is 28.7 Å². The summed E-state index contributed by atoms with van der Waals surface area (Å²) in [5.74, 6) is -1.61. The van der Waals surface area contributed by atoms with Crippen molar-refractivity contribution in [1.82, 2.24) is 4.90 Å². The molecule has 5 rings (SSSR count). The number of likely N-dealkylation sites (tertiary alicyclic amines) is 1. The number of rotatable bonds is 15. The summed E-state index contributed by atoms with van der Waals surface area (Å²) in [5, 5.41) is 10.7. The zero-order valence-electron chi connectivity index (χ0n) is 29.1. The van der Waals surface area contributed by atoms with Gasteiger partial charge in [0.2, 0.25) is 11.8 Å². The number of para-hydroxylation sites is 1. The molecule has 3 saturated heterocycles. The van der Waals surface area contributed by atoms with E-state index >= 15 is 4.79 Å². The van der Waals surface area contributed by atoms with Crippen LogP contribution in [0.2, 0.25) is 0 Å². The summed E-state index contributed by atoms with van der Waals surface area (Å²) in [4.78, 5) is 52.2. The van der Waals surface area contributed by atoms with Crippen LogP contribution in [-0.2, 0) is 14.4 Å². The predicted octanol–water partition coefficient (Wildman–Crippen LogP) is 6.02. The summed E-state index contributed by atoms with van der Waals surface area (Å²) >= 11 is 1.66. The number of benzene rings is 2. The molecule has 3 fully saturated rings. The number of thioether (sulfide) groups is 1. The molecule has 2 aromatic rings. The van der Waals surface area contributed by atoms with Crippen LogP contribution in [0.25, 0.3) is 0 Å². The topological polar surface area (TPSA) is 84.4 Å². The van der Waals surface area contributed by atoms with Crippen molar-refractivity contribution in [2.75, 3.05) is 47.5 Å². The van der Waals surface area contributed by atoms with E-state index in [-0.39, 0.29) is 48.0 Å². The van der Waals surface area contributed by atoms with Crippen molar-refractivity contribution in [3.63, 3.8) is 0 Å². The highest BCUT2D eigenvalue weighted by Crippen LogP contribution is 2.69. The molecule has 3 aliphatic rings. The van der Waals surface area contributed by atoms with Gasteiger partial charge in [0.1, 0.15) is 6.04 Å². The van der Waals surface area contributed by atoms with Crippen molar-refractivity contribution >= 4 is 46.5 Å². The zero-order valence-corrected chi connectivity index (χ0v) is 29.9. The van der Waals surface area contributed by atoms with E-state index in [0.717, 1.165) is 36.6 Å². The van der Waals surface area contributed by atoms with Crippen LogP contribution in [0.4, 0.5) is 17.1 Å². The standard InChI is InChI=1S/C39H52N4O4S/c1-8-21-41(29-15-13-12-14-16-29)36(45)33-32-24-27(7)39(48-32)34(33)37(46)43(31(25-44)23-26(5)6)35(39)38(47)42(22-9-2)30-19-17-28(18-20-30)40(10-3)11-4/h8-9,12-20,26-27,31-35,44H,1-2,10-11,21-25H2,3-7H3/t27?,31-,32+,33-,34+,35?,39?/m1/s1. The maximum atomic E-state index is 15.2. The first-order valence-electron chi connectivity index (χ1n) is 17.4. The Balaban J connectivity index is 1.61. The molecule has 3 amide bonds. The SMILES string of the molecule is C=CCN(C(=O)C1N([C@@H](CO)CC(C)C)C(=O)[C@@H]2[C@H](C(=O)N(CC=C)c3ccccc3)[C@@H]3CC(C)C12S3)c1ccc(N(CC)CC)cc1. The number of hydrogen-bond donors (Lipinski definition) is 1. The minimum Gasteiger partial charge on any atom is -0.394 e. The van der Waals surface area contributed by atoms with Gasteiger partial charge in [-0.05, 0) is 74.9 Å². The predicted molar refractivity (Wildman–Crippen MR) is 197 cm³/mol. The number of fused-ring (bicyclic) bond motifs is 1. The molecule has 3 unspecified atom stereocenters. The number of nitrogens with zero attached hydrogens (tertiary/aromatic N) is 4. The summed E-state index contributed by atoms with van der Waals surface area (Å²) in [6.07, 6.45) is 4.70. The second-order valence-electron chi connectivity index (χ2n) is 13.8. The van der Waals surface area contributed by atoms with E-state index in [1.165, 1.54) is 0 Å². The van der Waals surface area contributed by atoms with Crippen LogP contribution < -0.4 is 14.7 Å². The van der Waals surface area contributed by atoms with Crippen LogP contribution >= 0.6 is 11.8 Å². The number of aliphatic hydroxyl groups excluding tert-OH is 1. The van der Waals surface area contributed by atoms with Crippen LogP contribution in [0.5, 0.6) is 0 Å². The third-order valence-corrected chi connectivity index (χ3v) is 12.6. The van der Waals surface area contributed by atoms with Gasteiger partial charge in [-0.1, -0.05) is 51.1 Å². The number of anilines is 3. The molecule has 0 aliphatic carbocycles. The van der Waals surface area contributed by atoms with E-state index in [2.05, 4.69) is 52.7 Å². The van der Waals surface area contributed by atoms with E-state index in [4.69, 9.17) is 0 Å². The Morgan fingerprint density at radius 3 is 2.06 bits per heavy atom. The maximum Gasteiger partial charge on any atom is 0.251 e. The molecule has 48 heavy (non-hydrogen) atoms. The molecular formula is C39H52N4O4S. The Morgan fingerprint density at radius 1 is 0.958 bits per heavy atom. The smallest absolute Gasteiger partial charge is 0.251 e. The molecule has 0 aromatic heterocycles. The Labute approximate surface area is 290 Å². The molecule has 1 spiro atoms. The molecule has 9 heteroatoms. The first-order chi connectivity index (χ1) is 23.1. The van der Waals surface area contributed by atoms with E-state index in [9.17, 15) is 14.7 Å². The third kappa shape index (κ3) is 6.09. The van der Waals surface area contributed by atoms with Crippen LogP contribution in [0, 0.1) is 23.7 Å². The first-order valence-corrected chi connectivity index (χ1v) is 18.3. The van der Waals surface area contributed by atoms with Crippen LogP contribution in [-0.4, -0.2) is 82.6 Å². The number of carbonyl (C=O) groups is 3. The molecule has 3 heterocycles. The fraction of sp³-hybridized carbons (Fsp3) is 0.513. The molecule has 2 bridgehead atoms. The van der Waals surface area contributed by atoms with Crippen molar-refractivity contribution in [2.45, 2.75) is 69.5 Å². The van der Waals surface area contributed by atoms with Gasteiger partial charge in [-0.3, -0.25) is 14.4 Å². The van der Waals surface area contributed by atoms with Gasteiger partial charge < -0.3 is 24.7 Å². The van der Waals surface area contributed by atoms with Gasteiger partial charge in [-0.15, -0.1) is 24.9 Å². The molecule has 7 atom stereocenters. The average Bonchev–Trinajstić information content (AvgIpc) is 3.69. The summed E-state index contributed by atoms with van der Waals surface area (Å²) in [6.45, 7) is 20.4. The van der Waals surface area contributed by atoms with Crippen LogP contribution in [0.15, 0.2) is 79.9 Å². The first kappa shape index (κ1) is 35.7. The monoisotopic (exact) mass is 672 g/mol. The lowest BCUT2D eigenvalue weighted by Gasteiger charge is -2.42. The normalized spacial score (nSPS) is 26.4. The number of carbonyl (C=O) groups excluding carboxylic acids is 3. The maximum absolute atomic E-state index is 15.2. The zero-order chi connectivity index (χ0) is 34.7. The van der Waals surface area contributed by atoms with Crippen molar-refractivity contribution in [3.8, 4) is 0 Å². The van der Waals surface area contributed by atoms with Gasteiger partial charge >= 0.3 is 0 Å². The molecule has 8 nitrogen and oxygen atoms in total. The molecule has 0 saturated carbocycles. The third-order valence-electron chi connectivity index (χ3n) is 10.6. The summed E-state index contributed by atoms with van der Waals surface area (Å²) < 4.78 is -0.819. The van der Waals surface area contributed by atoms with Crippen molar-refractivity contribution in [3.05, 3.63) is 79.9 Å². The van der Waals surface area contributed by atoms with Crippen LogP contribution in [0.1, 0.15) is 47.5 Å². The second kappa shape index (κ2) is 14.9. The van der Waals surface area contributed by atoms with Gasteiger partial charge in [0.25, 0.3) is 5.91 Å². The average molecular weight is 673 g/mol. The van der Waals surface area contributed by atoms with Crippen molar-refractivity contribution < 1.29 is 19.5 Å². The number of amides is 3. The summed E-state index contributed by atoms with van der Waals surface area (Å²) in [6, 6.07) is 16.1. The van der Waals surface area contributed by atoms with Gasteiger partial charge in [0.15, 0.2) is 0 Å². The molecular weight excluding hydrogens is 621 g/mol. The van der Waals surface area contributed by atoms with E-state index in [1.807, 2.05) is 54.6 Å². The largest absolute Gasteiger partial charge is 0.394 e. The Bertz CT molecular complexity index is 1480. The Morgan fingerprint density at radius 2 is 1.52 bits per heavy atom. The molecule has 2 aromatic carbocycles. The molecule has 258 valence electrons. The lowest BCUT2D eigenvalue weighted by Crippen LogP contribution is -2.59. The highest BCUT2D eigenvalue weighted by atomic mass is 32.2. The van der Waals surface area contributed by atoms with Crippen molar-refractivity contribution in [1.29, 1.82) is 0 Å². The molecule has 3 aliphatic heterocycles. The highest BCUT2D eigenvalue weighted by molar-refractivity contribution is 8.02. The Kier molecular flexibility index (Phi) is 11.1. The quantitative estimate of drug-likeness (QED) is 0.233. The fourth-order valence-corrected chi connectivity index (χ4v) is 10.9. The van der Waals surface area contributed by atoms with E-state index in [0.29, 0.717) is 13.0 Å². The van der Waals surface area contributed by atoms with E-state index in [1.54, 1.807) is 38.6 Å². The molecule has 0 radical (unpaired) electrons. The minimum atomic E-state index is -0.847. The van der Waals surface area contributed by atoms with Gasteiger partial charge in [0.05, 0.1) is 29.2 Å². The summed E-state index contributed by atoms with van der Waals surface area (Å²) in [5.41, 5.74) is 2.56. The van der Waals surface area contributed by atoms with Gasteiger partial charge in [-0.2, -0.15) is 0 Å². The lowest BCUT2D eigenvalue weighted by molar-refractivity contribution is -0.142. The molecule has 1 N–H and O–H groups in total. The second-order valence-corrected chi connectivity index (χ2v) is 15.3. The minimum absolute atomic E-state index is 0.00282. The van der Waals surface area contributed by atoms with Crippen molar-refractivity contribution in [2.24, 2.45) is 23.7 Å².